The number of amides is 1. The summed E-state index contributed by atoms with van der Waals surface area (Å²) in [5, 5.41) is 0.689. The summed E-state index contributed by atoms with van der Waals surface area (Å²) in [6.07, 6.45) is 2.01. The molecule has 0 saturated carbocycles. The van der Waals surface area contributed by atoms with E-state index in [-0.39, 0.29) is 18.3 Å². The molecule has 1 heterocycles. The van der Waals surface area contributed by atoms with Crippen molar-refractivity contribution < 1.29 is 4.79 Å². The lowest BCUT2D eigenvalue weighted by Crippen LogP contribution is -2.40. The quantitative estimate of drug-likeness (QED) is 0.755. The fourth-order valence-corrected chi connectivity index (χ4v) is 2.82. The van der Waals surface area contributed by atoms with E-state index in [2.05, 4.69) is 22.6 Å². The van der Waals surface area contributed by atoms with E-state index in [0.717, 1.165) is 41.6 Å². The van der Waals surface area contributed by atoms with Crippen molar-refractivity contribution in [2.24, 2.45) is 11.7 Å². The number of benzene rings is 1. The lowest BCUT2D eigenvalue weighted by molar-refractivity contribution is 0.0693. The number of nitrogens with zero attached hydrogens (tertiary/aromatic N) is 1. The summed E-state index contributed by atoms with van der Waals surface area (Å²) >= 11 is 8.11. The first-order valence-electron chi connectivity index (χ1n) is 6.06. The topological polar surface area (TPSA) is 46.3 Å². The largest absolute Gasteiger partial charge is 0.339 e. The van der Waals surface area contributed by atoms with Gasteiger partial charge in [0.15, 0.2) is 0 Å². The molecule has 19 heavy (non-hydrogen) atoms. The lowest BCUT2D eigenvalue weighted by atomic mass is 9.96. The Balaban J connectivity index is 0.00000180. The van der Waals surface area contributed by atoms with E-state index >= 15 is 0 Å². The number of carbonyl (C=O) groups is 1. The Kier molecular flexibility index (Phi) is 6.86. The van der Waals surface area contributed by atoms with Gasteiger partial charge in [-0.25, -0.2) is 0 Å². The highest BCUT2D eigenvalue weighted by Gasteiger charge is 2.23. The van der Waals surface area contributed by atoms with Gasteiger partial charge in [0.2, 0.25) is 0 Å². The van der Waals surface area contributed by atoms with Gasteiger partial charge < -0.3 is 10.6 Å². The number of hydrogen-bond donors (Lipinski definition) is 1. The van der Waals surface area contributed by atoms with Crippen molar-refractivity contribution in [1.82, 2.24) is 4.90 Å². The molecule has 0 atom stereocenters. The molecule has 6 heteroatoms. The number of carbonyl (C=O) groups excluding carboxylic acids is 1. The first kappa shape index (κ1) is 17.0. The van der Waals surface area contributed by atoms with Gasteiger partial charge >= 0.3 is 0 Å². The molecule has 0 spiro atoms. The summed E-state index contributed by atoms with van der Waals surface area (Å²) in [4.78, 5) is 14.2. The van der Waals surface area contributed by atoms with Crippen molar-refractivity contribution in [2.45, 2.75) is 12.8 Å². The molecule has 0 aliphatic carbocycles. The Morgan fingerprint density at radius 2 is 2.05 bits per heavy atom. The zero-order valence-corrected chi connectivity index (χ0v) is 14.2. The average Bonchev–Trinajstić information content (AvgIpc) is 2.41. The van der Waals surface area contributed by atoms with Crippen LogP contribution in [0.2, 0.25) is 5.02 Å². The van der Waals surface area contributed by atoms with Crippen LogP contribution in [0.15, 0.2) is 18.2 Å². The smallest absolute Gasteiger partial charge is 0.253 e. The van der Waals surface area contributed by atoms with Crippen LogP contribution in [0.5, 0.6) is 0 Å². The Morgan fingerprint density at radius 3 is 2.58 bits per heavy atom. The Bertz CT molecular complexity index is 448. The van der Waals surface area contributed by atoms with Gasteiger partial charge in [-0.05, 0) is 66.1 Å². The van der Waals surface area contributed by atoms with Crippen LogP contribution in [-0.4, -0.2) is 30.4 Å². The molecule has 0 radical (unpaired) electrons. The molecule has 2 N–H and O–H groups in total. The van der Waals surface area contributed by atoms with Crippen LogP contribution in [0.3, 0.4) is 0 Å². The summed E-state index contributed by atoms with van der Waals surface area (Å²) in [5.74, 6) is 0.666. The van der Waals surface area contributed by atoms with E-state index < -0.39 is 0 Å². The normalized spacial score (nSPS) is 16.1. The molecule has 1 aliphatic rings. The molecule has 3 nitrogen and oxygen atoms in total. The summed E-state index contributed by atoms with van der Waals surface area (Å²) in [5.41, 5.74) is 6.37. The minimum Gasteiger partial charge on any atom is -0.339 e. The van der Waals surface area contributed by atoms with Crippen LogP contribution in [0.4, 0.5) is 0 Å². The van der Waals surface area contributed by atoms with Crippen molar-refractivity contribution in [3.63, 3.8) is 0 Å². The molecule has 1 aliphatic heterocycles. The van der Waals surface area contributed by atoms with E-state index in [1.807, 2.05) is 11.0 Å². The maximum atomic E-state index is 12.3. The molecule has 106 valence electrons. The predicted molar refractivity (Wildman–Crippen MR) is 89.1 cm³/mol. The number of hydrogen-bond acceptors (Lipinski definition) is 2. The Labute approximate surface area is 138 Å². The van der Waals surface area contributed by atoms with Crippen molar-refractivity contribution in [3.8, 4) is 0 Å². The van der Waals surface area contributed by atoms with Gasteiger partial charge in [-0.1, -0.05) is 11.6 Å². The third-order valence-electron chi connectivity index (χ3n) is 3.40. The molecule has 1 amide bonds. The molecular formula is C13H17Cl2IN2O. The molecule has 1 aromatic rings. The number of likely N-dealkylation sites (tertiary alicyclic amines) is 1. The minimum atomic E-state index is 0. The standard InChI is InChI=1S/C13H16ClIN2O.ClH/c14-11-2-1-10(7-12(11)15)13(18)17-5-3-9(8-16)4-6-17;/h1-2,7,9H,3-6,8,16H2;1H. The molecule has 1 aromatic carbocycles. The van der Waals surface area contributed by atoms with Crippen molar-refractivity contribution in [1.29, 1.82) is 0 Å². The summed E-state index contributed by atoms with van der Waals surface area (Å²) in [6, 6.07) is 5.42. The molecular weight excluding hydrogens is 398 g/mol. The van der Waals surface area contributed by atoms with E-state index in [1.54, 1.807) is 12.1 Å². The van der Waals surface area contributed by atoms with Gasteiger partial charge in [0.25, 0.3) is 5.91 Å². The van der Waals surface area contributed by atoms with Crippen LogP contribution < -0.4 is 5.73 Å². The average molecular weight is 415 g/mol. The second-order valence-corrected chi connectivity index (χ2v) is 6.17. The molecule has 0 bridgehead atoms. The van der Waals surface area contributed by atoms with Gasteiger partial charge in [-0.2, -0.15) is 0 Å². The summed E-state index contributed by atoms with van der Waals surface area (Å²) in [7, 11) is 0. The number of halogens is 3. The van der Waals surface area contributed by atoms with Crippen molar-refractivity contribution in [3.05, 3.63) is 32.4 Å². The minimum absolute atomic E-state index is 0. The van der Waals surface area contributed by atoms with Gasteiger partial charge in [0.05, 0.1) is 5.02 Å². The van der Waals surface area contributed by atoms with Crippen LogP contribution >= 0.6 is 46.6 Å². The molecule has 2 rings (SSSR count). The molecule has 1 saturated heterocycles. The summed E-state index contributed by atoms with van der Waals surface area (Å²) < 4.78 is 0.914. The highest BCUT2D eigenvalue weighted by atomic mass is 127. The van der Waals surface area contributed by atoms with Gasteiger partial charge in [0.1, 0.15) is 0 Å². The van der Waals surface area contributed by atoms with Gasteiger partial charge in [0, 0.05) is 22.2 Å². The highest BCUT2D eigenvalue weighted by Crippen LogP contribution is 2.22. The molecule has 1 fully saturated rings. The predicted octanol–water partition coefficient (Wildman–Crippen LogP) is 3.18. The number of piperidine rings is 1. The van der Waals surface area contributed by atoms with Crippen molar-refractivity contribution >= 4 is 52.5 Å². The van der Waals surface area contributed by atoms with Crippen LogP contribution in [0, 0.1) is 9.49 Å². The van der Waals surface area contributed by atoms with E-state index in [0.29, 0.717) is 10.9 Å². The van der Waals surface area contributed by atoms with Crippen LogP contribution in [-0.2, 0) is 0 Å². The Hall–Kier alpha value is -0.0400. The van der Waals surface area contributed by atoms with E-state index in [1.165, 1.54) is 0 Å². The van der Waals surface area contributed by atoms with Crippen LogP contribution in [0.25, 0.3) is 0 Å². The van der Waals surface area contributed by atoms with Gasteiger partial charge in [-0.3, -0.25) is 4.79 Å². The van der Waals surface area contributed by atoms with E-state index in [9.17, 15) is 4.79 Å². The lowest BCUT2D eigenvalue weighted by Gasteiger charge is -2.31. The monoisotopic (exact) mass is 414 g/mol. The van der Waals surface area contributed by atoms with Gasteiger partial charge in [-0.15, -0.1) is 12.4 Å². The first-order valence-corrected chi connectivity index (χ1v) is 7.52. The number of nitrogens with two attached hydrogens (primary N) is 1. The zero-order valence-electron chi connectivity index (χ0n) is 10.4. The second kappa shape index (κ2) is 7.67. The number of rotatable bonds is 2. The summed E-state index contributed by atoms with van der Waals surface area (Å²) in [6.45, 7) is 2.33. The van der Waals surface area contributed by atoms with Crippen molar-refractivity contribution in [2.75, 3.05) is 19.6 Å². The highest BCUT2D eigenvalue weighted by molar-refractivity contribution is 14.1. The third kappa shape index (κ3) is 4.21. The fourth-order valence-electron chi connectivity index (χ4n) is 2.18. The first-order chi connectivity index (χ1) is 8.61. The fraction of sp³-hybridized carbons (Fsp3) is 0.462. The maximum absolute atomic E-state index is 12.3. The second-order valence-electron chi connectivity index (χ2n) is 4.60. The molecule has 0 unspecified atom stereocenters. The Morgan fingerprint density at radius 1 is 1.42 bits per heavy atom. The third-order valence-corrected chi connectivity index (χ3v) is 4.94. The SMILES string of the molecule is Cl.NCC1CCN(C(=O)c2ccc(Cl)c(I)c2)CC1. The molecule has 0 aromatic heterocycles. The zero-order chi connectivity index (χ0) is 13.1. The maximum Gasteiger partial charge on any atom is 0.253 e. The van der Waals surface area contributed by atoms with E-state index in [4.69, 9.17) is 17.3 Å². The van der Waals surface area contributed by atoms with Crippen LogP contribution in [0.1, 0.15) is 23.2 Å².